The largest absolute Gasteiger partial charge is 0.465 e. The van der Waals surface area contributed by atoms with E-state index in [0.29, 0.717) is 132 Å². The summed E-state index contributed by atoms with van der Waals surface area (Å²) in [5.41, 5.74) is -0.0976. The number of benzene rings is 5. The normalized spacial score (nSPS) is 18.2. The average Bonchev–Trinajstić information content (AvgIpc) is 1.61. The molecule has 1 aliphatic carbocycles. The second-order valence-corrected chi connectivity index (χ2v) is 25.8. The van der Waals surface area contributed by atoms with Crippen LogP contribution in [0.25, 0.3) is 11.1 Å². The molecule has 518 valence electrons. The molecule has 0 bridgehead atoms. The molecule has 97 heavy (non-hydrogen) atoms. The van der Waals surface area contributed by atoms with Crippen LogP contribution < -0.4 is 10.2 Å². The number of para-hydroxylation sites is 1. The molecule has 18 nitrogen and oxygen atoms in total. The van der Waals surface area contributed by atoms with E-state index in [9.17, 15) is 59.8 Å². The third kappa shape index (κ3) is 17.4. The Labute approximate surface area is 560 Å². The first kappa shape index (κ1) is 71.3. The predicted octanol–water partition coefficient (Wildman–Crippen LogP) is 11.7. The fraction of sp³-hybridized carbons (Fsp3) is 0.458. The average molecular weight is 1350 g/mol. The van der Waals surface area contributed by atoms with Crippen molar-refractivity contribution >= 4 is 41.4 Å². The molecule has 0 radical (unpaired) electrons. The highest BCUT2D eigenvalue weighted by Crippen LogP contribution is 2.49. The molecule has 3 aliphatic heterocycles. The summed E-state index contributed by atoms with van der Waals surface area (Å²) in [6.45, 7) is 4.85. The second kappa shape index (κ2) is 31.3. The lowest BCUT2D eigenvalue weighted by atomic mass is 9.72. The van der Waals surface area contributed by atoms with Crippen molar-refractivity contribution < 1.29 is 69.3 Å². The quantitative estimate of drug-likeness (QED) is 0.0387. The lowest BCUT2D eigenvalue weighted by Crippen LogP contribution is -2.50. The molecule has 3 fully saturated rings. The minimum Gasteiger partial charge on any atom is -0.465 e. The summed E-state index contributed by atoms with van der Waals surface area (Å²) in [6.07, 6.45) is -1.84. The van der Waals surface area contributed by atoms with Crippen molar-refractivity contribution in [2.24, 2.45) is 0 Å². The smallest absolute Gasteiger partial charge is 0.416 e. The number of likely N-dealkylation sites (N-methyl/N-ethyl adjacent to an activating group) is 2. The van der Waals surface area contributed by atoms with Gasteiger partial charge in [0.2, 0.25) is 17.8 Å². The number of nitrogens with zero attached hydrogens (tertiary/aromatic N) is 9. The molecule has 5 aromatic carbocycles. The highest BCUT2D eigenvalue weighted by atomic mass is 19.4. The highest BCUT2D eigenvalue weighted by molar-refractivity contribution is 5.95. The van der Waals surface area contributed by atoms with Gasteiger partial charge >= 0.3 is 18.4 Å². The van der Waals surface area contributed by atoms with E-state index in [4.69, 9.17) is 9.47 Å². The molecule has 3 saturated heterocycles. The van der Waals surface area contributed by atoms with Crippen LogP contribution in [0.1, 0.15) is 113 Å². The molecule has 2 atom stereocenters. The summed E-state index contributed by atoms with van der Waals surface area (Å²) < 4.78 is 110. The third-order valence-electron chi connectivity index (χ3n) is 19.6. The van der Waals surface area contributed by atoms with E-state index in [2.05, 4.69) is 37.2 Å². The minimum atomic E-state index is -5.15. The number of nitrogens with one attached hydrogen (secondary N) is 1. The number of ether oxygens (including phenoxy) is 2. The number of amides is 5. The molecular weight excluding hydrogens is 1270 g/mol. The monoisotopic (exact) mass is 1350 g/mol. The van der Waals surface area contributed by atoms with Crippen LogP contribution in [0.2, 0.25) is 0 Å². The Morgan fingerprint density at radius 2 is 1.32 bits per heavy atom. The zero-order valence-electron chi connectivity index (χ0n) is 54.8. The number of aromatic nitrogens is 2. The van der Waals surface area contributed by atoms with Crippen molar-refractivity contribution in [2.45, 2.75) is 106 Å². The minimum absolute atomic E-state index is 0.0321. The number of hydrogen-bond donors (Lipinski definition) is 2. The van der Waals surface area contributed by atoms with Gasteiger partial charge in [0, 0.05) is 115 Å². The predicted molar refractivity (Wildman–Crippen MR) is 351 cm³/mol. The van der Waals surface area contributed by atoms with E-state index in [0.717, 1.165) is 59.5 Å². The van der Waals surface area contributed by atoms with Gasteiger partial charge in [-0.1, -0.05) is 91.3 Å². The molecular formula is C72H83F7N10O8. The molecule has 4 heterocycles. The van der Waals surface area contributed by atoms with Crippen molar-refractivity contribution in [3.63, 3.8) is 0 Å². The van der Waals surface area contributed by atoms with Gasteiger partial charge in [-0.3, -0.25) is 24.1 Å². The van der Waals surface area contributed by atoms with E-state index in [-0.39, 0.29) is 55.5 Å². The lowest BCUT2D eigenvalue weighted by Gasteiger charge is -2.44. The summed E-state index contributed by atoms with van der Waals surface area (Å²) >= 11 is 0. The maximum Gasteiger partial charge on any atom is 0.416 e. The van der Waals surface area contributed by atoms with E-state index < -0.39 is 64.6 Å². The number of carbonyl (C=O) groups excluding carboxylic acids is 4. The molecule has 10 rings (SSSR count). The first-order valence-corrected chi connectivity index (χ1v) is 33.0. The number of unbranched alkanes of at least 4 members (excludes halogenated alkanes) is 2. The van der Waals surface area contributed by atoms with Crippen LogP contribution >= 0.6 is 0 Å². The van der Waals surface area contributed by atoms with Crippen molar-refractivity contribution in [1.29, 1.82) is 0 Å². The Morgan fingerprint density at radius 3 is 2.00 bits per heavy atom. The first-order chi connectivity index (χ1) is 46.4. The number of carboxylic acid groups (broad SMARTS) is 1. The maximum absolute atomic E-state index is 14.2. The highest BCUT2D eigenvalue weighted by Gasteiger charge is 2.50. The molecule has 1 spiro atoms. The van der Waals surface area contributed by atoms with Crippen molar-refractivity contribution in [3.05, 3.63) is 178 Å². The molecule has 5 amide bonds. The Morgan fingerprint density at radius 1 is 0.691 bits per heavy atom. The van der Waals surface area contributed by atoms with E-state index in [1.807, 2.05) is 73.8 Å². The fourth-order valence-corrected chi connectivity index (χ4v) is 13.9. The Balaban J connectivity index is 0.616. The Hall–Kier alpha value is -8.52. The van der Waals surface area contributed by atoms with Gasteiger partial charge in [-0.05, 0) is 130 Å². The second-order valence-electron chi connectivity index (χ2n) is 25.8. The van der Waals surface area contributed by atoms with Gasteiger partial charge in [0.25, 0.3) is 11.8 Å². The zero-order valence-corrected chi connectivity index (χ0v) is 54.8. The number of carbonyl (C=O) groups is 5. The van der Waals surface area contributed by atoms with Crippen molar-refractivity contribution in [2.75, 3.05) is 117 Å². The fourth-order valence-electron chi connectivity index (χ4n) is 13.9. The van der Waals surface area contributed by atoms with Crippen molar-refractivity contribution in [3.8, 4) is 11.1 Å². The van der Waals surface area contributed by atoms with Gasteiger partial charge in [-0.15, -0.1) is 0 Å². The van der Waals surface area contributed by atoms with Crippen LogP contribution in [0.5, 0.6) is 0 Å². The number of alkyl halides is 6. The molecule has 2 N–H and O–H groups in total. The Bertz CT molecular complexity index is 3650. The van der Waals surface area contributed by atoms with E-state index in [1.165, 1.54) is 41.6 Å². The number of fused-ring (bicyclic) bond motifs is 2. The molecule has 6 aromatic rings. The first-order valence-electron chi connectivity index (χ1n) is 33.0. The number of rotatable bonds is 26. The number of halogens is 7. The SMILES string of the molecule is CN(CCN1CCC(N(C(=O)O)c2ccccc2-c2ccccc2)CC1)C(=O)CCCCCNc1ncc(C(=O)N(C)CCCN(C)C(=O)CO[C@H]2Cc3ccccc3C23CCN(CC[C@]2(c4ccc(F)cc4)CN(C(=O)c4cc(C(F)(F)F)cc(C(F)(F)F)c4)CO2)CC3)cn1. The lowest BCUT2D eigenvalue weighted by molar-refractivity contribution is -0.143. The zero-order chi connectivity index (χ0) is 69.1. The summed E-state index contributed by atoms with van der Waals surface area (Å²) in [4.78, 5) is 87.2. The van der Waals surface area contributed by atoms with Gasteiger partial charge in [0.15, 0.2) is 0 Å². The van der Waals surface area contributed by atoms with Gasteiger partial charge in [-0.25, -0.2) is 19.2 Å². The topological polar surface area (TPSA) is 185 Å². The standard InChI is InChI=1S/C72H83F7N10O8/c1-83(32-14-33-85(3)65(92)53-45-81-67(82-46-53)80-31-13-5-8-21-63(90)84(2)39-40-86-34-26-58(27-35-86)89(68(94)95)61-20-12-10-18-59(61)50-15-6-4-7-16-50)64(91)47-96-62-43-51-17-9-11-19-60(51)69(62)28-36-87(37-29-69)38-30-70(54-22-24-57(73)25-23-54)48-88(49-97-70)66(93)52-41-55(71(74,75)76)44-56(42-52)72(77,78)79/h4,6-7,9-12,15-20,22-25,41-42,44-46,58,62H,5,8,13-14,21,26-40,43,47-49H2,1-3H3,(H,94,95)(H,80,81,82)/t62-,70+/m0/s1. The maximum atomic E-state index is 14.2. The third-order valence-corrected chi connectivity index (χ3v) is 19.6. The summed E-state index contributed by atoms with van der Waals surface area (Å²) in [5.74, 6) is -1.65. The van der Waals surface area contributed by atoms with Crippen LogP contribution in [0.3, 0.4) is 0 Å². The van der Waals surface area contributed by atoms with Crippen LogP contribution in [0.15, 0.2) is 134 Å². The Kier molecular flexibility index (Phi) is 23.0. The van der Waals surface area contributed by atoms with Gasteiger partial charge in [-0.2, -0.15) is 26.3 Å². The molecule has 4 aliphatic rings. The number of piperidine rings is 2. The molecule has 0 unspecified atom stereocenters. The summed E-state index contributed by atoms with van der Waals surface area (Å²) in [6, 6.07) is 31.6. The van der Waals surface area contributed by atoms with Gasteiger partial charge < -0.3 is 49.3 Å². The van der Waals surface area contributed by atoms with Crippen LogP contribution in [-0.2, 0) is 48.9 Å². The number of anilines is 2. The molecule has 25 heteroatoms. The van der Waals surface area contributed by atoms with E-state index in [1.54, 1.807) is 28.8 Å². The molecule has 0 saturated carbocycles. The van der Waals surface area contributed by atoms with Crippen LogP contribution in [-0.4, -0.2) is 193 Å². The summed E-state index contributed by atoms with van der Waals surface area (Å²) in [5, 5.41) is 13.5. The van der Waals surface area contributed by atoms with E-state index >= 15 is 0 Å². The van der Waals surface area contributed by atoms with Gasteiger partial charge in [0.05, 0.1) is 35.0 Å². The summed E-state index contributed by atoms with van der Waals surface area (Å²) in [7, 11) is 5.20. The van der Waals surface area contributed by atoms with Crippen LogP contribution in [0, 0.1) is 5.82 Å². The van der Waals surface area contributed by atoms with Crippen LogP contribution in [0.4, 0.5) is 47.2 Å². The number of hydrogen-bond acceptors (Lipinski definition) is 12. The molecule has 1 aromatic heterocycles. The number of likely N-dealkylation sites (tertiary alicyclic amines) is 2. The van der Waals surface area contributed by atoms with Crippen molar-refractivity contribution in [1.82, 2.24) is 39.4 Å². The van der Waals surface area contributed by atoms with Gasteiger partial charge in [0.1, 0.15) is 24.8 Å².